The molecule has 2 amide bonds. The highest BCUT2D eigenvalue weighted by molar-refractivity contribution is 7.92. The lowest BCUT2D eigenvalue weighted by Gasteiger charge is -2.34. The van der Waals surface area contributed by atoms with Gasteiger partial charge in [0.2, 0.25) is 21.8 Å². The Labute approximate surface area is 244 Å². The van der Waals surface area contributed by atoms with Crippen molar-refractivity contribution in [1.82, 2.24) is 10.2 Å². The van der Waals surface area contributed by atoms with Crippen LogP contribution in [0.25, 0.3) is 0 Å². The minimum Gasteiger partial charge on any atom is -0.352 e. The number of anilines is 1. The van der Waals surface area contributed by atoms with E-state index in [0.717, 1.165) is 42.7 Å². The van der Waals surface area contributed by atoms with Crippen LogP contribution in [0.3, 0.4) is 0 Å². The van der Waals surface area contributed by atoms with Crippen LogP contribution in [0.1, 0.15) is 51.0 Å². The number of nitrogens with zero attached hydrogens (tertiary/aromatic N) is 2. The van der Waals surface area contributed by atoms with Gasteiger partial charge in [-0.05, 0) is 55.2 Å². The van der Waals surface area contributed by atoms with Crippen LogP contribution in [-0.2, 0) is 26.2 Å². The summed E-state index contributed by atoms with van der Waals surface area (Å²) >= 11 is 24.6. The smallest absolute Gasteiger partial charge is 0.244 e. The summed E-state index contributed by atoms with van der Waals surface area (Å²) in [5, 5.41) is 4.16. The summed E-state index contributed by atoms with van der Waals surface area (Å²) in [5.41, 5.74) is 0.758. The molecular formula is C26H31Cl4N3O4S. The summed E-state index contributed by atoms with van der Waals surface area (Å²) in [5.74, 6) is -0.846. The van der Waals surface area contributed by atoms with Crippen molar-refractivity contribution in [2.75, 3.05) is 17.1 Å². The van der Waals surface area contributed by atoms with Crippen molar-refractivity contribution in [1.29, 1.82) is 0 Å². The molecule has 0 spiro atoms. The molecule has 12 heteroatoms. The number of benzene rings is 2. The number of nitrogens with one attached hydrogen (secondary N) is 1. The first-order valence-electron chi connectivity index (χ1n) is 12.4. The monoisotopic (exact) mass is 621 g/mol. The van der Waals surface area contributed by atoms with E-state index in [-0.39, 0.29) is 29.2 Å². The minimum absolute atomic E-state index is 0.0261. The first-order valence-corrected chi connectivity index (χ1v) is 15.7. The Morgan fingerprint density at radius 3 is 2.24 bits per heavy atom. The number of hydrogen-bond donors (Lipinski definition) is 1. The van der Waals surface area contributed by atoms with Crippen molar-refractivity contribution in [3.05, 3.63) is 62.1 Å². The van der Waals surface area contributed by atoms with Crippen LogP contribution in [0.4, 0.5) is 5.69 Å². The largest absolute Gasteiger partial charge is 0.352 e. The first-order chi connectivity index (χ1) is 17.9. The summed E-state index contributed by atoms with van der Waals surface area (Å²) in [6.45, 7) is 1.28. The third kappa shape index (κ3) is 8.15. The topological polar surface area (TPSA) is 86.8 Å². The average Bonchev–Trinajstić information content (AvgIpc) is 2.85. The molecule has 208 valence electrons. The molecule has 0 aromatic heterocycles. The van der Waals surface area contributed by atoms with Gasteiger partial charge < -0.3 is 10.2 Å². The summed E-state index contributed by atoms with van der Waals surface area (Å²) in [4.78, 5) is 28.6. The Bertz CT molecular complexity index is 1270. The van der Waals surface area contributed by atoms with Crippen molar-refractivity contribution in [3.8, 4) is 0 Å². The molecule has 0 aliphatic heterocycles. The molecule has 1 saturated carbocycles. The minimum atomic E-state index is -3.92. The van der Waals surface area contributed by atoms with Gasteiger partial charge in [0, 0.05) is 17.6 Å². The first kappa shape index (κ1) is 30.8. The number of rotatable bonds is 10. The van der Waals surface area contributed by atoms with E-state index in [1.54, 1.807) is 18.2 Å². The fraction of sp³-hybridized carbons (Fsp3) is 0.462. The molecule has 1 aliphatic carbocycles. The second-order valence-corrected chi connectivity index (χ2v) is 13.0. The van der Waals surface area contributed by atoms with Gasteiger partial charge in [0.05, 0.1) is 27.0 Å². The van der Waals surface area contributed by atoms with Gasteiger partial charge in [-0.3, -0.25) is 13.9 Å². The van der Waals surface area contributed by atoms with Gasteiger partial charge in [-0.2, -0.15) is 0 Å². The number of hydrogen-bond acceptors (Lipinski definition) is 4. The molecule has 2 aromatic rings. The Morgan fingerprint density at radius 2 is 1.66 bits per heavy atom. The standard InChI is InChI=1S/C26H31Cl4N3O4S/c1-3-23(26(35)31-19-7-5-4-6-8-19)32(15-17-9-11-20(28)21(29)13-17)25(34)16-33(38(2,36)37)24-12-10-18(27)14-22(24)30/h9-14,19,23H,3-8,15-16H2,1-2H3,(H,31,35). The van der Waals surface area contributed by atoms with E-state index >= 15 is 0 Å². The lowest BCUT2D eigenvalue weighted by molar-refractivity contribution is -0.140. The molecule has 0 saturated heterocycles. The summed E-state index contributed by atoms with van der Waals surface area (Å²) < 4.78 is 26.4. The molecule has 38 heavy (non-hydrogen) atoms. The average molecular weight is 623 g/mol. The predicted octanol–water partition coefficient (Wildman–Crippen LogP) is 6.32. The molecule has 7 nitrogen and oxygen atoms in total. The van der Waals surface area contributed by atoms with Crippen LogP contribution in [0.5, 0.6) is 0 Å². The van der Waals surface area contributed by atoms with Gasteiger partial charge in [-0.1, -0.05) is 78.7 Å². The molecule has 1 unspecified atom stereocenters. The summed E-state index contributed by atoms with van der Waals surface area (Å²) in [7, 11) is -3.92. The highest BCUT2D eigenvalue weighted by Crippen LogP contribution is 2.31. The molecule has 0 radical (unpaired) electrons. The Kier molecular flexibility index (Phi) is 11.0. The normalized spacial score (nSPS) is 15.1. The highest BCUT2D eigenvalue weighted by atomic mass is 35.5. The molecule has 1 atom stereocenters. The van der Waals surface area contributed by atoms with E-state index in [4.69, 9.17) is 46.4 Å². The summed E-state index contributed by atoms with van der Waals surface area (Å²) in [6, 6.07) is 8.50. The van der Waals surface area contributed by atoms with Gasteiger partial charge in [0.25, 0.3) is 0 Å². The van der Waals surface area contributed by atoms with E-state index in [1.807, 2.05) is 6.92 Å². The highest BCUT2D eigenvalue weighted by Gasteiger charge is 2.33. The summed E-state index contributed by atoms with van der Waals surface area (Å²) in [6.07, 6.45) is 6.31. The molecule has 0 bridgehead atoms. The number of sulfonamides is 1. The Morgan fingerprint density at radius 1 is 0.974 bits per heavy atom. The molecule has 2 aromatic carbocycles. The van der Waals surface area contributed by atoms with Gasteiger partial charge in [-0.25, -0.2) is 8.42 Å². The van der Waals surface area contributed by atoms with Crippen molar-refractivity contribution >= 4 is 73.9 Å². The van der Waals surface area contributed by atoms with Crippen molar-refractivity contribution in [2.24, 2.45) is 0 Å². The van der Waals surface area contributed by atoms with E-state index in [9.17, 15) is 18.0 Å². The van der Waals surface area contributed by atoms with Crippen LogP contribution < -0.4 is 9.62 Å². The molecule has 1 aliphatic rings. The third-order valence-electron chi connectivity index (χ3n) is 6.53. The zero-order valence-electron chi connectivity index (χ0n) is 21.2. The number of carbonyl (C=O) groups excluding carboxylic acids is 2. The van der Waals surface area contributed by atoms with Crippen LogP contribution in [0.2, 0.25) is 20.1 Å². The second kappa shape index (κ2) is 13.6. The molecular weight excluding hydrogens is 592 g/mol. The van der Waals surface area contributed by atoms with E-state index in [0.29, 0.717) is 27.1 Å². The van der Waals surface area contributed by atoms with Crippen molar-refractivity contribution < 1.29 is 18.0 Å². The maximum atomic E-state index is 13.8. The Hall–Kier alpha value is -1.71. The third-order valence-corrected chi connectivity index (χ3v) is 8.94. The zero-order chi connectivity index (χ0) is 28.0. The molecule has 1 fully saturated rings. The van der Waals surface area contributed by atoms with Crippen LogP contribution >= 0.6 is 46.4 Å². The Balaban J connectivity index is 1.95. The quantitative estimate of drug-likeness (QED) is 0.336. The predicted molar refractivity (Wildman–Crippen MR) is 155 cm³/mol. The lowest BCUT2D eigenvalue weighted by atomic mass is 9.95. The lowest BCUT2D eigenvalue weighted by Crippen LogP contribution is -2.54. The zero-order valence-corrected chi connectivity index (χ0v) is 25.1. The second-order valence-electron chi connectivity index (χ2n) is 9.40. The van der Waals surface area contributed by atoms with Crippen LogP contribution in [-0.4, -0.2) is 50.0 Å². The fourth-order valence-electron chi connectivity index (χ4n) is 4.58. The van der Waals surface area contributed by atoms with Gasteiger partial charge >= 0.3 is 0 Å². The fourth-order valence-corrected chi connectivity index (χ4v) is 6.32. The molecule has 3 rings (SSSR count). The maximum Gasteiger partial charge on any atom is 0.244 e. The van der Waals surface area contributed by atoms with E-state index in [1.165, 1.54) is 23.1 Å². The van der Waals surface area contributed by atoms with E-state index < -0.39 is 28.5 Å². The van der Waals surface area contributed by atoms with Crippen molar-refractivity contribution in [3.63, 3.8) is 0 Å². The van der Waals surface area contributed by atoms with Gasteiger partial charge in [0.15, 0.2) is 0 Å². The van der Waals surface area contributed by atoms with Crippen LogP contribution in [0.15, 0.2) is 36.4 Å². The van der Waals surface area contributed by atoms with Crippen molar-refractivity contribution in [2.45, 2.75) is 64.1 Å². The SMILES string of the molecule is CCC(C(=O)NC1CCCCC1)N(Cc1ccc(Cl)c(Cl)c1)C(=O)CN(c1ccc(Cl)cc1Cl)S(C)(=O)=O. The van der Waals surface area contributed by atoms with Crippen LogP contribution in [0, 0.1) is 0 Å². The van der Waals surface area contributed by atoms with Gasteiger partial charge in [-0.15, -0.1) is 0 Å². The molecule has 0 heterocycles. The number of carbonyl (C=O) groups is 2. The molecule has 1 N–H and O–H groups in total. The number of amides is 2. The maximum absolute atomic E-state index is 13.8. The van der Waals surface area contributed by atoms with Gasteiger partial charge in [0.1, 0.15) is 12.6 Å². The van der Waals surface area contributed by atoms with E-state index in [2.05, 4.69) is 5.32 Å². The number of halogens is 4.